The summed E-state index contributed by atoms with van der Waals surface area (Å²) in [7, 11) is -3.78. The van der Waals surface area contributed by atoms with Gasteiger partial charge in [0.15, 0.2) is 0 Å². The Morgan fingerprint density at radius 2 is 1.68 bits per heavy atom. The van der Waals surface area contributed by atoms with Crippen LogP contribution < -0.4 is 9.46 Å². The first-order chi connectivity index (χ1) is 16.4. The van der Waals surface area contributed by atoms with Gasteiger partial charge in [-0.15, -0.1) is 0 Å². The van der Waals surface area contributed by atoms with Crippen molar-refractivity contribution in [3.63, 3.8) is 0 Å². The molecular formula is C26H27N3O4S. The predicted octanol–water partition coefficient (Wildman–Crippen LogP) is 4.97. The number of benzene rings is 3. The van der Waals surface area contributed by atoms with E-state index in [1.165, 1.54) is 5.01 Å². The molecule has 0 spiro atoms. The van der Waals surface area contributed by atoms with Crippen LogP contribution in [0.1, 0.15) is 43.9 Å². The molecule has 0 aliphatic carbocycles. The molecule has 34 heavy (non-hydrogen) atoms. The summed E-state index contributed by atoms with van der Waals surface area (Å²) < 4.78 is 34.1. The second-order valence-electron chi connectivity index (χ2n) is 7.82. The van der Waals surface area contributed by atoms with Gasteiger partial charge in [-0.3, -0.25) is 9.52 Å². The zero-order chi connectivity index (χ0) is 24.1. The number of carbonyl (C=O) groups excluding carboxylic acids is 1. The Labute approximate surface area is 200 Å². The average Bonchev–Trinajstić information content (AvgIpc) is 3.30. The van der Waals surface area contributed by atoms with Crippen molar-refractivity contribution in [2.24, 2.45) is 5.10 Å². The van der Waals surface area contributed by atoms with Crippen LogP contribution in [0.5, 0.6) is 5.75 Å². The van der Waals surface area contributed by atoms with Crippen molar-refractivity contribution in [2.45, 2.75) is 37.6 Å². The molecule has 3 aromatic rings. The van der Waals surface area contributed by atoms with Crippen LogP contribution in [-0.2, 0) is 14.8 Å². The van der Waals surface area contributed by atoms with Crippen LogP contribution >= 0.6 is 0 Å². The molecule has 1 amide bonds. The topological polar surface area (TPSA) is 88.1 Å². The molecule has 1 heterocycles. The fourth-order valence-electron chi connectivity index (χ4n) is 3.90. The van der Waals surface area contributed by atoms with Gasteiger partial charge in [0.25, 0.3) is 10.0 Å². The van der Waals surface area contributed by atoms with E-state index < -0.39 is 10.0 Å². The molecule has 0 radical (unpaired) electrons. The van der Waals surface area contributed by atoms with Crippen LogP contribution in [0.15, 0.2) is 88.9 Å². The molecule has 1 N–H and O–H groups in total. The van der Waals surface area contributed by atoms with E-state index in [9.17, 15) is 13.2 Å². The highest BCUT2D eigenvalue weighted by Crippen LogP contribution is 2.36. The van der Waals surface area contributed by atoms with Crippen molar-refractivity contribution >= 4 is 27.3 Å². The van der Waals surface area contributed by atoms with Gasteiger partial charge in [-0.25, -0.2) is 13.4 Å². The number of anilines is 1. The number of nitrogens with one attached hydrogen (secondary N) is 1. The lowest BCUT2D eigenvalue weighted by molar-refractivity contribution is -0.132. The average molecular weight is 478 g/mol. The molecule has 0 aromatic heterocycles. The number of hydrazone groups is 1. The number of sulfonamides is 1. The first-order valence-corrected chi connectivity index (χ1v) is 12.7. The monoisotopic (exact) mass is 477 g/mol. The maximum atomic E-state index is 12.9. The number of carbonyl (C=O) groups is 1. The van der Waals surface area contributed by atoms with Crippen molar-refractivity contribution in [1.29, 1.82) is 0 Å². The lowest BCUT2D eigenvalue weighted by Crippen LogP contribution is -2.26. The Bertz CT molecular complexity index is 1290. The van der Waals surface area contributed by atoms with Crippen molar-refractivity contribution in [3.05, 3.63) is 90.0 Å². The second kappa shape index (κ2) is 10.1. The first kappa shape index (κ1) is 23.5. The molecule has 176 valence electrons. The van der Waals surface area contributed by atoms with Crippen LogP contribution in [0.25, 0.3) is 0 Å². The van der Waals surface area contributed by atoms with Gasteiger partial charge in [0, 0.05) is 18.4 Å². The van der Waals surface area contributed by atoms with Crippen LogP contribution in [0, 0.1) is 0 Å². The number of hydrogen-bond donors (Lipinski definition) is 1. The molecule has 0 unspecified atom stereocenters. The molecule has 0 saturated heterocycles. The molecule has 1 aliphatic rings. The van der Waals surface area contributed by atoms with E-state index >= 15 is 0 Å². The third-order valence-corrected chi connectivity index (χ3v) is 6.96. The van der Waals surface area contributed by atoms with Crippen molar-refractivity contribution in [2.75, 3.05) is 11.3 Å². The number of amides is 1. The molecule has 1 aliphatic heterocycles. The number of ether oxygens (including phenoxy) is 1. The summed E-state index contributed by atoms with van der Waals surface area (Å²) in [5, 5.41) is 6.15. The first-order valence-electron chi connectivity index (χ1n) is 11.2. The summed E-state index contributed by atoms with van der Waals surface area (Å²) in [5.74, 6) is 0.663. The summed E-state index contributed by atoms with van der Waals surface area (Å²) in [6.07, 6.45) is 0.774. The highest BCUT2D eigenvalue weighted by atomic mass is 32.2. The second-order valence-corrected chi connectivity index (χ2v) is 9.51. The largest absolute Gasteiger partial charge is 0.494 e. The summed E-state index contributed by atoms with van der Waals surface area (Å²) in [6, 6.07) is 22.7. The predicted molar refractivity (Wildman–Crippen MR) is 132 cm³/mol. The van der Waals surface area contributed by atoms with E-state index in [1.54, 1.807) is 49.4 Å². The Morgan fingerprint density at radius 1 is 1.00 bits per heavy atom. The van der Waals surface area contributed by atoms with E-state index in [1.807, 2.05) is 43.3 Å². The molecular weight excluding hydrogens is 450 g/mol. The lowest BCUT2D eigenvalue weighted by Gasteiger charge is -2.21. The van der Waals surface area contributed by atoms with E-state index in [-0.39, 0.29) is 16.8 Å². The third-order valence-electron chi connectivity index (χ3n) is 5.58. The fraction of sp³-hybridized carbons (Fsp3) is 0.231. The number of para-hydroxylation sites is 1. The molecule has 0 saturated carbocycles. The fourth-order valence-corrected chi connectivity index (χ4v) is 5.01. The quantitative estimate of drug-likeness (QED) is 0.496. The van der Waals surface area contributed by atoms with E-state index in [4.69, 9.17) is 4.74 Å². The zero-order valence-electron chi connectivity index (χ0n) is 19.1. The Balaban J connectivity index is 1.66. The normalized spacial score (nSPS) is 15.6. The lowest BCUT2D eigenvalue weighted by atomic mass is 9.97. The summed E-state index contributed by atoms with van der Waals surface area (Å²) in [5.41, 5.74) is 2.64. The van der Waals surface area contributed by atoms with Crippen LogP contribution in [0.2, 0.25) is 0 Å². The molecule has 7 nitrogen and oxygen atoms in total. The summed E-state index contributed by atoms with van der Waals surface area (Å²) in [6.45, 7) is 4.30. The van der Waals surface area contributed by atoms with Crippen LogP contribution in [-0.4, -0.2) is 31.7 Å². The minimum atomic E-state index is -3.78. The van der Waals surface area contributed by atoms with Gasteiger partial charge in [0.05, 0.1) is 28.9 Å². The minimum absolute atomic E-state index is 0.101. The van der Waals surface area contributed by atoms with E-state index in [0.717, 1.165) is 11.3 Å². The Hall–Kier alpha value is -3.65. The third kappa shape index (κ3) is 4.97. The maximum absolute atomic E-state index is 12.9. The van der Waals surface area contributed by atoms with Crippen LogP contribution in [0.3, 0.4) is 0 Å². The molecule has 0 bridgehead atoms. The van der Waals surface area contributed by atoms with Crippen molar-refractivity contribution in [1.82, 2.24) is 5.01 Å². The van der Waals surface area contributed by atoms with E-state index in [2.05, 4.69) is 9.82 Å². The maximum Gasteiger partial charge on any atom is 0.261 e. The summed E-state index contributed by atoms with van der Waals surface area (Å²) in [4.78, 5) is 12.9. The van der Waals surface area contributed by atoms with E-state index in [0.29, 0.717) is 36.4 Å². The molecule has 4 rings (SSSR count). The minimum Gasteiger partial charge on any atom is -0.494 e. The molecule has 8 heteroatoms. The summed E-state index contributed by atoms with van der Waals surface area (Å²) >= 11 is 0. The molecule has 1 atom stereocenters. The number of rotatable bonds is 8. The van der Waals surface area contributed by atoms with Gasteiger partial charge < -0.3 is 4.74 Å². The smallest absolute Gasteiger partial charge is 0.261 e. The Morgan fingerprint density at radius 3 is 2.35 bits per heavy atom. The Kier molecular flexibility index (Phi) is 6.98. The zero-order valence-corrected chi connectivity index (χ0v) is 20.0. The highest BCUT2D eigenvalue weighted by Gasteiger charge is 2.33. The SMILES string of the molecule is CCOc1ccc([C@H]2CC(c3ccccc3NS(=O)(=O)c3ccccc3)=NN2C(=O)CC)cc1. The van der Waals surface area contributed by atoms with Crippen molar-refractivity contribution in [3.8, 4) is 5.75 Å². The standard InChI is InChI=1S/C26H27N3O4S/c1-3-26(30)29-25(19-14-16-20(17-15-19)33-4-2)18-24(27-29)22-12-8-9-13-23(22)28-34(31,32)21-10-6-5-7-11-21/h5-17,25,28H,3-4,18H2,1-2H3/t25-/m1/s1. The van der Waals surface area contributed by atoms with Gasteiger partial charge in [-0.1, -0.05) is 55.5 Å². The van der Waals surface area contributed by atoms with Gasteiger partial charge >= 0.3 is 0 Å². The number of hydrogen-bond acceptors (Lipinski definition) is 5. The van der Waals surface area contributed by atoms with Gasteiger partial charge in [-0.05, 0) is 42.8 Å². The van der Waals surface area contributed by atoms with Gasteiger partial charge in [0.1, 0.15) is 5.75 Å². The van der Waals surface area contributed by atoms with Crippen LogP contribution in [0.4, 0.5) is 5.69 Å². The van der Waals surface area contributed by atoms with Gasteiger partial charge in [-0.2, -0.15) is 5.10 Å². The highest BCUT2D eigenvalue weighted by molar-refractivity contribution is 7.92. The molecule has 0 fully saturated rings. The molecule has 3 aromatic carbocycles. The van der Waals surface area contributed by atoms with Crippen molar-refractivity contribution < 1.29 is 17.9 Å². The van der Waals surface area contributed by atoms with Gasteiger partial charge in [0.2, 0.25) is 5.91 Å². The number of nitrogens with zero attached hydrogens (tertiary/aromatic N) is 2.